The van der Waals surface area contributed by atoms with Gasteiger partial charge in [0.2, 0.25) is 0 Å². The van der Waals surface area contributed by atoms with Crippen molar-refractivity contribution < 1.29 is 4.42 Å². The molecule has 2 aromatic rings. The van der Waals surface area contributed by atoms with Crippen LogP contribution in [0.4, 0.5) is 0 Å². The molecule has 0 unspecified atom stereocenters. The molecular formula is C12H14N2O. The molecule has 1 aliphatic heterocycles. The van der Waals surface area contributed by atoms with Crippen LogP contribution in [0.15, 0.2) is 28.9 Å². The van der Waals surface area contributed by atoms with Gasteiger partial charge >= 0.3 is 0 Å². The maximum atomic E-state index is 5.84. The van der Waals surface area contributed by atoms with Gasteiger partial charge in [-0.2, -0.15) is 0 Å². The van der Waals surface area contributed by atoms with Crippen LogP contribution in [0.5, 0.6) is 0 Å². The summed E-state index contributed by atoms with van der Waals surface area (Å²) in [6, 6.07) is 4.50. The second-order valence-electron chi connectivity index (χ2n) is 4.20. The molecule has 1 atom stereocenters. The SMILES string of the molecule is CN1CCC[C@H]1c1cc2cnccc2o1. The van der Waals surface area contributed by atoms with Crippen molar-refractivity contribution in [2.24, 2.45) is 0 Å². The molecule has 3 nitrogen and oxygen atoms in total. The molecule has 0 amide bonds. The van der Waals surface area contributed by atoms with Gasteiger partial charge in [0.1, 0.15) is 11.3 Å². The summed E-state index contributed by atoms with van der Waals surface area (Å²) in [4.78, 5) is 6.45. The summed E-state index contributed by atoms with van der Waals surface area (Å²) in [6.07, 6.45) is 6.09. The van der Waals surface area contributed by atoms with E-state index in [0.717, 1.165) is 16.7 Å². The molecule has 1 saturated heterocycles. The Kier molecular flexibility index (Phi) is 1.99. The van der Waals surface area contributed by atoms with Crippen LogP contribution in [0.3, 0.4) is 0 Å². The first kappa shape index (κ1) is 8.92. The summed E-state index contributed by atoms with van der Waals surface area (Å²) < 4.78 is 5.84. The molecule has 15 heavy (non-hydrogen) atoms. The fourth-order valence-electron chi connectivity index (χ4n) is 2.34. The zero-order valence-corrected chi connectivity index (χ0v) is 8.81. The fraction of sp³-hybridized carbons (Fsp3) is 0.417. The molecule has 3 rings (SSSR count). The zero-order valence-electron chi connectivity index (χ0n) is 8.81. The van der Waals surface area contributed by atoms with E-state index in [4.69, 9.17) is 4.42 Å². The van der Waals surface area contributed by atoms with Crippen molar-refractivity contribution >= 4 is 11.0 Å². The Bertz CT molecular complexity index is 444. The van der Waals surface area contributed by atoms with E-state index in [2.05, 4.69) is 23.0 Å². The van der Waals surface area contributed by atoms with Crippen LogP contribution in [0.25, 0.3) is 11.0 Å². The first-order chi connectivity index (χ1) is 7.34. The number of hydrogen-bond acceptors (Lipinski definition) is 3. The molecule has 78 valence electrons. The van der Waals surface area contributed by atoms with Gasteiger partial charge < -0.3 is 4.42 Å². The number of nitrogens with zero attached hydrogens (tertiary/aromatic N) is 2. The third-order valence-corrected chi connectivity index (χ3v) is 3.18. The van der Waals surface area contributed by atoms with E-state index in [-0.39, 0.29) is 0 Å². The molecule has 0 N–H and O–H groups in total. The van der Waals surface area contributed by atoms with E-state index in [1.165, 1.54) is 19.4 Å². The van der Waals surface area contributed by atoms with Crippen LogP contribution in [0.1, 0.15) is 24.6 Å². The molecular weight excluding hydrogens is 188 g/mol. The third-order valence-electron chi connectivity index (χ3n) is 3.18. The predicted octanol–water partition coefficient (Wildman–Crippen LogP) is 2.59. The maximum Gasteiger partial charge on any atom is 0.137 e. The van der Waals surface area contributed by atoms with Crippen LogP contribution < -0.4 is 0 Å². The molecule has 0 aliphatic carbocycles. The van der Waals surface area contributed by atoms with E-state index in [1.807, 2.05) is 12.3 Å². The number of rotatable bonds is 1. The molecule has 0 spiro atoms. The normalized spacial score (nSPS) is 22.6. The highest BCUT2D eigenvalue weighted by molar-refractivity contribution is 5.76. The second kappa shape index (κ2) is 3.35. The summed E-state index contributed by atoms with van der Waals surface area (Å²) in [5, 5.41) is 1.10. The lowest BCUT2D eigenvalue weighted by atomic mass is 10.1. The highest BCUT2D eigenvalue weighted by Crippen LogP contribution is 2.33. The minimum atomic E-state index is 0.456. The average molecular weight is 202 g/mol. The fourth-order valence-corrected chi connectivity index (χ4v) is 2.34. The highest BCUT2D eigenvalue weighted by Gasteiger charge is 2.25. The quantitative estimate of drug-likeness (QED) is 0.711. The zero-order chi connectivity index (χ0) is 10.3. The molecule has 0 bridgehead atoms. The minimum absolute atomic E-state index is 0.456. The van der Waals surface area contributed by atoms with Crippen LogP contribution >= 0.6 is 0 Å². The highest BCUT2D eigenvalue weighted by atomic mass is 16.3. The monoisotopic (exact) mass is 202 g/mol. The molecule has 2 aromatic heterocycles. The topological polar surface area (TPSA) is 29.3 Å². The molecule has 0 saturated carbocycles. The standard InChI is InChI=1S/C12H14N2O/c1-14-6-2-3-10(14)12-7-9-8-13-5-4-11(9)15-12/h4-5,7-8,10H,2-3,6H2,1H3/t10-/m0/s1. The average Bonchev–Trinajstić information content (AvgIpc) is 2.82. The van der Waals surface area contributed by atoms with Crippen LogP contribution in [-0.4, -0.2) is 23.5 Å². The van der Waals surface area contributed by atoms with Crippen molar-refractivity contribution in [2.45, 2.75) is 18.9 Å². The van der Waals surface area contributed by atoms with Crippen molar-refractivity contribution in [1.29, 1.82) is 0 Å². The van der Waals surface area contributed by atoms with Gasteiger partial charge in [-0.15, -0.1) is 0 Å². The van der Waals surface area contributed by atoms with E-state index in [0.29, 0.717) is 6.04 Å². The van der Waals surface area contributed by atoms with Gasteiger partial charge in [0.15, 0.2) is 0 Å². The molecule has 0 radical (unpaired) electrons. The number of aromatic nitrogens is 1. The Morgan fingerprint density at radius 3 is 3.20 bits per heavy atom. The van der Waals surface area contributed by atoms with Crippen molar-refractivity contribution in [2.75, 3.05) is 13.6 Å². The van der Waals surface area contributed by atoms with Gasteiger partial charge in [-0.1, -0.05) is 0 Å². The summed E-state index contributed by atoms with van der Waals surface area (Å²) in [6.45, 7) is 1.17. The first-order valence-electron chi connectivity index (χ1n) is 5.38. The molecule has 3 heterocycles. The Morgan fingerprint density at radius 1 is 1.53 bits per heavy atom. The molecule has 0 aromatic carbocycles. The van der Waals surface area contributed by atoms with E-state index in [9.17, 15) is 0 Å². The van der Waals surface area contributed by atoms with E-state index >= 15 is 0 Å². The Morgan fingerprint density at radius 2 is 2.47 bits per heavy atom. The van der Waals surface area contributed by atoms with Gasteiger partial charge in [-0.3, -0.25) is 9.88 Å². The van der Waals surface area contributed by atoms with Gasteiger partial charge in [0.25, 0.3) is 0 Å². The maximum absolute atomic E-state index is 5.84. The number of fused-ring (bicyclic) bond motifs is 1. The minimum Gasteiger partial charge on any atom is -0.459 e. The summed E-state index contributed by atoms with van der Waals surface area (Å²) in [5.41, 5.74) is 0.945. The Labute approximate surface area is 88.7 Å². The summed E-state index contributed by atoms with van der Waals surface area (Å²) >= 11 is 0. The van der Waals surface area contributed by atoms with Crippen LogP contribution in [-0.2, 0) is 0 Å². The largest absolute Gasteiger partial charge is 0.459 e. The lowest BCUT2D eigenvalue weighted by molar-refractivity contribution is 0.281. The number of hydrogen-bond donors (Lipinski definition) is 0. The lowest BCUT2D eigenvalue weighted by Crippen LogP contribution is -2.16. The summed E-state index contributed by atoms with van der Waals surface area (Å²) in [5.74, 6) is 1.08. The second-order valence-corrected chi connectivity index (χ2v) is 4.20. The molecule has 1 aliphatic rings. The smallest absolute Gasteiger partial charge is 0.137 e. The van der Waals surface area contributed by atoms with Crippen LogP contribution in [0.2, 0.25) is 0 Å². The first-order valence-corrected chi connectivity index (χ1v) is 5.38. The van der Waals surface area contributed by atoms with Crippen molar-refractivity contribution in [3.8, 4) is 0 Å². The lowest BCUT2D eigenvalue weighted by Gasteiger charge is -2.16. The van der Waals surface area contributed by atoms with E-state index < -0.39 is 0 Å². The number of likely N-dealkylation sites (tertiary alicyclic amines) is 1. The predicted molar refractivity (Wildman–Crippen MR) is 58.6 cm³/mol. The van der Waals surface area contributed by atoms with Gasteiger partial charge in [0, 0.05) is 17.8 Å². The van der Waals surface area contributed by atoms with Crippen molar-refractivity contribution in [1.82, 2.24) is 9.88 Å². The Hall–Kier alpha value is -1.35. The van der Waals surface area contributed by atoms with Crippen molar-refractivity contribution in [3.63, 3.8) is 0 Å². The van der Waals surface area contributed by atoms with Crippen LogP contribution in [0, 0.1) is 0 Å². The van der Waals surface area contributed by atoms with Gasteiger partial charge in [0.05, 0.1) is 6.04 Å². The Balaban J connectivity index is 2.04. The van der Waals surface area contributed by atoms with Gasteiger partial charge in [-0.05, 0) is 38.6 Å². The van der Waals surface area contributed by atoms with Crippen molar-refractivity contribution in [3.05, 3.63) is 30.3 Å². The molecule has 3 heteroatoms. The van der Waals surface area contributed by atoms with E-state index in [1.54, 1.807) is 6.20 Å². The molecule has 1 fully saturated rings. The van der Waals surface area contributed by atoms with Gasteiger partial charge in [-0.25, -0.2) is 0 Å². The number of pyridine rings is 1. The third kappa shape index (κ3) is 1.43. The summed E-state index contributed by atoms with van der Waals surface area (Å²) in [7, 11) is 2.16. The number of furan rings is 1.